The van der Waals surface area contributed by atoms with E-state index in [2.05, 4.69) is 24.3 Å². The van der Waals surface area contributed by atoms with E-state index in [9.17, 15) is 0 Å². The zero-order valence-corrected chi connectivity index (χ0v) is 9.97. The van der Waals surface area contributed by atoms with Crippen molar-refractivity contribution >= 4 is 0 Å². The third-order valence-corrected chi connectivity index (χ3v) is 4.12. The van der Waals surface area contributed by atoms with Crippen molar-refractivity contribution in [1.29, 1.82) is 0 Å². The SMILES string of the molecule is C1=CC2=C(C1)CCCC1=C(C=CC1)CCC2. The minimum Gasteiger partial charge on any atom is -0.0802 e. The van der Waals surface area contributed by atoms with Gasteiger partial charge in [0.15, 0.2) is 0 Å². The normalized spacial score (nSPS) is 25.0. The standard InChI is InChI=1S/C16H20/c1-5-13-9-3-11-15-7-2-8-16(15)12-4-10-14(13)6-1/h1-2,5,7H,3-4,6,8-12H2. The lowest BCUT2D eigenvalue weighted by Gasteiger charge is -2.13. The molecule has 0 spiro atoms. The van der Waals surface area contributed by atoms with Gasteiger partial charge in [0.1, 0.15) is 0 Å². The molecule has 0 heterocycles. The molecule has 0 saturated heterocycles. The lowest BCUT2D eigenvalue weighted by molar-refractivity contribution is 0.735. The maximum absolute atomic E-state index is 2.37. The van der Waals surface area contributed by atoms with Crippen LogP contribution in [0.2, 0.25) is 0 Å². The molecule has 3 aliphatic rings. The number of hydrogen-bond acceptors (Lipinski definition) is 0. The second-order valence-corrected chi connectivity index (χ2v) is 5.18. The molecule has 0 amide bonds. The minimum absolute atomic E-state index is 1.24. The highest BCUT2D eigenvalue weighted by molar-refractivity contribution is 5.37. The summed E-state index contributed by atoms with van der Waals surface area (Å²) in [5, 5.41) is 0. The fourth-order valence-electron chi connectivity index (χ4n) is 3.21. The molecular weight excluding hydrogens is 192 g/mol. The van der Waals surface area contributed by atoms with Gasteiger partial charge in [-0.15, -0.1) is 0 Å². The van der Waals surface area contributed by atoms with E-state index in [1.165, 1.54) is 51.4 Å². The van der Waals surface area contributed by atoms with Crippen LogP contribution in [0.3, 0.4) is 0 Å². The maximum atomic E-state index is 2.37. The van der Waals surface area contributed by atoms with Crippen LogP contribution in [0.5, 0.6) is 0 Å². The van der Waals surface area contributed by atoms with E-state index in [4.69, 9.17) is 0 Å². The molecule has 0 bridgehead atoms. The summed E-state index contributed by atoms with van der Waals surface area (Å²) in [6.45, 7) is 0. The molecule has 0 aromatic carbocycles. The first kappa shape index (κ1) is 10.1. The Balaban J connectivity index is 1.74. The summed E-state index contributed by atoms with van der Waals surface area (Å²) in [7, 11) is 0. The van der Waals surface area contributed by atoms with Crippen LogP contribution in [0.15, 0.2) is 46.6 Å². The van der Waals surface area contributed by atoms with Crippen molar-refractivity contribution in [1.82, 2.24) is 0 Å². The molecule has 0 aromatic rings. The zero-order chi connectivity index (χ0) is 10.8. The van der Waals surface area contributed by atoms with Gasteiger partial charge >= 0.3 is 0 Å². The quantitative estimate of drug-likeness (QED) is 0.538. The monoisotopic (exact) mass is 212 g/mol. The second kappa shape index (κ2) is 4.45. The molecule has 0 atom stereocenters. The first-order chi connectivity index (χ1) is 7.93. The molecule has 0 radical (unpaired) electrons. The average molecular weight is 212 g/mol. The zero-order valence-electron chi connectivity index (χ0n) is 9.97. The summed E-state index contributed by atoms with van der Waals surface area (Å²) in [4.78, 5) is 0. The number of hydrogen-bond donors (Lipinski definition) is 0. The molecule has 0 aromatic heterocycles. The van der Waals surface area contributed by atoms with Crippen molar-refractivity contribution in [3.8, 4) is 0 Å². The highest BCUT2D eigenvalue weighted by Crippen LogP contribution is 2.34. The van der Waals surface area contributed by atoms with Crippen molar-refractivity contribution < 1.29 is 0 Å². The van der Waals surface area contributed by atoms with Crippen LogP contribution in [0.1, 0.15) is 51.4 Å². The highest BCUT2D eigenvalue weighted by Gasteiger charge is 2.14. The molecular formula is C16H20. The Morgan fingerprint density at radius 1 is 0.625 bits per heavy atom. The summed E-state index contributed by atoms with van der Waals surface area (Å²) in [5.41, 5.74) is 6.78. The van der Waals surface area contributed by atoms with Gasteiger partial charge in [-0.2, -0.15) is 0 Å². The second-order valence-electron chi connectivity index (χ2n) is 5.18. The van der Waals surface area contributed by atoms with E-state index < -0.39 is 0 Å². The molecule has 0 N–H and O–H groups in total. The molecule has 0 aliphatic heterocycles. The minimum atomic E-state index is 1.24. The van der Waals surface area contributed by atoms with Crippen LogP contribution in [0.4, 0.5) is 0 Å². The largest absolute Gasteiger partial charge is 0.0802 e. The van der Waals surface area contributed by atoms with Gasteiger partial charge in [0, 0.05) is 0 Å². The molecule has 0 unspecified atom stereocenters. The molecule has 3 rings (SSSR count). The Morgan fingerprint density at radius 3 is 1.69 bits per heavy atom. The predicted molar refractivity (Wildman–Crippen MR) is 69.3 cm³/mol. The van der Waals surface area contributed by atoms with E-state index in [1.807, 2.05) is 0 Å². The van der Waals surface area contributed by atoms with Crippen molar-refractivity contribution in [2.45, 2.75) is 51.4 Å². The van der Waals surface area contributed by atoms with Gasteiger partial charge in [-0.1, -0.05) is 35.5 Å². The molecule has 0 heteroatoms. The Hall–Kier alpha value is -1.04. The van der Waals surface area contributed by atoms with E-state index in [-0.39, 0.29) is 0 Å². The van der Waals surface area contributed by atoms with Crippen LogP contribution >= 0.6 is 0 Å². The first-order valence-corrected chi connectivity index (χ1v) is 6.68. The first-order valence-electron chi connectivity index (χ1n) is 6.68. The molecule has 16 heavy (non-hydrogen) atoms. The summed E-state index contributed by atoms with van der Waals surface area (Å²) in [6.07, 6.45) is 19.9. The fraction of sp³-hybridized carbons (Fsp3) is 0.500. The lowest BCUT2D eigenvalue weighted by atomic mass is 9.93. The summed E-state index contributed by atoms with van der Waals surface area (Å²) in [6, 6.07) is 0. The van der Waals surface area contributed by atoms with Gasteiger partial charge in [0.25, 0.3) is 0 Å². The predicted octanol–water partition coefficient (Wildman–Crippen LogP) is 4.85. The van der Waals surface area contributed by atoms with Gasteiger partial charge in [0.2, 0.25) is 0 Å². The smallest absolute Gasteiger partial charge is 0.0130 e. The Morgan fingerprint density at radius 2 is 1.12 bits per heavy atom. The Kier molecular flexibility index (Phi) is 2.82. The average Bonchev–Trinajstić information content (AvgIpc) is 2.89. The van der Waals surface area contributed by atoms with Gasteiger partial charge in [0.05, 0.1) is 0 Å². The fourth-order valence-corrected chi connectivity index (χ4v) is 3.21. The lowest BCUT2D eigenvalue weighted by Crippen LogP contribution is -1.93. The van der Waals surface area contributed by atoms with E-state index in [1.54, 1.807) is 22.3 Å². The maximum Gasteiger partial charge on any atom is -0.0130 e. The van der Waals surface area contributed by atoms with Crippen LogP contribution in [-0.2, 0) is 0 Å². The summed E-state index contributed by atoms with van der Waals surface area (Å²) >= 11 is 0. The highest BCUT2D eigenvalue weighted by atomic mass is 14.2. The molecule has 3 aliphatic carbocycles. The number of rotatable bonds is 0. The topological polar surface area (TPSA) is 0 Å². The molecule has 0 nitrogen and oxygen atoms in total. The summed E-state index contributed by atoms with van der Waals surface area (Å²) in [5.74, 6) is 0. The van der Waals surface area contributed by atoms with Gasteiger partial charge in [-0.25, -0.2) is 0 Å². The van der Waals surface area contributed by atoms with Gasteiger partial charge < -0.3 is 0 Å². The van der Waals surface area contributed by atoms with Crippen LogP contribution in [-0.4, -0.2) is 0 Å². The van der Waals surface area contributed by atoms with E-state index in [0.29, 0.717) is 0 Å². The van der Waals surface area contributed by atoms with E-state index >= 15 is 0 Å². The van der Waals surface area contributed by atoms with Crippen LogP contribution in [0.25, 0.3) is 0 Å². The Labute approximate surface area is 98.4 Å². The van der Waals surface area contributed by atoms with Crippen LogP contribution in [0, 0.1) is 0 Å². The van der Waals surface area contributed by atoms with Crippen molar-refractivity contribution in [2.24, 2.45) is 0 Å². The van der Waals surface area contributed by atoms with Crippen molar-refractivity contribution in [2.75, 3.05) is 0 Å². The molecule has 84 valence electrons. The van der Waals surface area contributed by atoms with Crippen LogP contribution < -0.4 is 0 Å². The summed E-state index contributed by atoms with van der Waals surface area (Å²) < 4.78 is 0. The van der Waals surface area contributed by atoms with Gasteiger partial charge in [-0.3, -0.25) is 0 Å². The Bertz CT molecular complexity index is 364. The van der Waals surface area contributed by atoms with Crippen molar-refractivity contribution in [3.63, 3.8) is 0 Å². The van der Waals surface area contributed by atoms with Crippen molar-refractivity contribution in [3.05, 3.63) is 46.6 Å². The number of allylic oxidation sites excluding steroid dienone is 8. The van der Waals surface area contributed by atoms with E-state index in [0.717, 1.165) is 0 Å². The van der Waals surface area contributed by atoms with Gasteiger partial charge in [-0.05, 0) is 62.5 Å². The third-order valence-electron chi connectivity index (χ3n) is 4.12. The third kappa shape index (κ3) is 1.93. The molecule has 0 fully saturated rings. The molecule has 0 saturated carbocycles.